The Hall–Kier alpha value is -1.57. The van der Waals surface area contributed by atoms with Crippen molar-refractivity contribution in [1.29, 1.82) is 0 Å². The minimum Gasteiger partial charge on any atom is -0.451 e. The highest BCUT2D eigenvalue weighted by atomic mass is 16.6. The SMILES string of the molecule is C=CC(=O)OC(C=C)(CCCC)C(C=C)C=C. The molecule has 0 aliphatic rings. The van der Waals surface area contributed by atoms with Crippen molar-refractivity contribution in [1.82, 2.24) is 0 Å². The van der Waals surface area contributed by atoms with Gasteiger partial charge in [-0.3, -0.25) is 0 Å². The predicted molar refractivity (Wildman–Crippen MR) is 72.6 cm³/mol. The van der Waals surface area contributed by atoms with Crippen LogP contribution in [0.15, 0.2) is 50.6 Å². The van der Waals surface area contributed by atoms with Gasteiger partial charge in [0.15, 0.2) is 0 Å². The van der Waals surface area contributed by atoms with E-state index in [0.29, 0.717) is 6.42 Å². The van der Waals surface area contributed by atoms with Crippen molar-refractivity contribution >= 4 is 5.97 Å². The van der Waals surface area contributed by atoms with Crippen molar-refractivity contribution in [2.45, 2.75) is 31.8 Å². The molecule has 0 aromatic heterocycles. The van der Waals surface area contributed by atoms with Gasteiger partial charge >= 0.3 is 5.97 Å². The lowest BCUT2D eigenvalue weighted by Gasteiger charge is -2.34. The molecule has 0 bridgehead atoms. The summed E-state index contributed by atoms with van der Waals surface area (Å²) in [4.78, 5) is 11.4. The Balaban J connectivity index is 5.16. The number of ether oxygens (including phenoxy) is 1. The number of hydrogen-bond acceptors (Lipinski definition) is 2. The van der Waals surface area contributed by atoms with Gasteiger partial charge in [0.1, 0.15) is 5.60 Å². The van der Waals surface area contributed by atoms with Gasteiger partial charge in [0.05, 0.1) is 0 Å². The van der Waals surface area contributed by atoms with Crippen LogP contribution in [0.2, 0.25) is 0 Å². The molecule has 0 saturated heterocycles. The zero-order valence-corrected chi connectivity index (χ0v) is 10.7. The summed E-state index contributed by atoms with van der Waals surface area (Å²) < 4.78 is 5.46. The lowest BCUT2D eigenvalue weighted by atomic mass is 9.83. The van der Waals surface area contributed by atoms with E-state index in [9.17, 15) is 4.79 Å². The third-order valence-electron chi connectivity index (χ3n) is 2.80. The molecule has 0 amide bonds. The molecule has 0 saturated carbocycles. The highest BCUT2D eigenvalue weighted by Gasteiger charge is 2.35. The first-order valence-corrected chi connectivity index (χ1v) is 5.84. The van der Waals surface area contributed by atoms with E-state index in [1.807, 2.05) is 0 Å². The molecule has 1 unspecified atom stereocenters. The van der Waals surface area contributed by atoms with Gasteiger partial charge in [0, 0.05) is 12.0 Å². The Bertz CT molecular complexity index is 296. The quantitative estimate of drug-likeness (QED) is 0.344. The minimum absolute atomic E-state index is 0.143. The van der Waals surface area contributed by atoms with E-state index in [0.717, 1.165) is 18.9 Å². The third-order valence-corrected chi connectivity index (χ3v) is 2.80. The topological polar surface area (TPSA) is 26.3 Å². The van der Waals surface area contributed by atoms with Gasteiger partial charge < -0.3 is 4.74 Å². The maximum atomic E-state index is 11.4. The second-order valence-corrected chi connectivity index (χ2v) is 3.89. The second-order valence-electron chi connectivity index (χ2n) is 3.89. The van der Waals surface area contributed by atoms with Crippen molar-refractivity contribution in [3.05, 3.63) is 50.6 Å². The van der Waals surface area contributed by atoms with Crippen molar-refractivity contribution < 1.29 is 9.53 Å². The van der Waals surface area contributed by atoms with Crippen molar-refractivity contribution in [2.75, 3.05) is 0 Å². The number of rotatable bonds is 9. The summed E-state index contributed by atoms with van der Waals surface area (Å²) in [6.07, 6.45) is 8.93. The van der Waals surface area contributed by atoms with E-state index >= 15 is 0 Å². The second kappa shape index (κ2) is 7.66. The van der Waals surface area contributed by atoms with Crippen LogP contribution in [0.25, 0.3) is 0 Å². The van der Waals surface area contributed by atoms with Crippen LogP contribution in [0.1, 0.15) is 26.2 Å². The molecule has 0 N–H and O–H groups in total. The Labute approximate surface area is 104 Å². The van der Waals surface area contributed by atoms with Crippen molar-refractivity contribution in [3.8, 4) is 0 Å². The van der Waals surface area contributed by atoms with Crippen LogP contribution in [-0.2, 0) is 9.53 Å². The van der Waals surface area contributed by atoms with Crippen LogP contribution in [0.3, 0.4) is 0 Å². The number of carbonyl (C=O) groups is 1. The Morgan fingerprint density at radius 1 is 1.29 bits per heavy atom. The van der Waals surface area contributed by atoms with Crippen molar-refractivity contribution in [2.24, 2.45) is 5.92 Å². The van der Waals surface area contributed by atoms with E-state index in [2.05, 4.69) is 33.2 Å². The zero-order valence-electron chi connectivity index (χ0n) is 10.7. The summed E-state index contributed by atoms with van der Waals surface area (Å²) >= 11 is 0. The third kappa shape index (κ3) is 4.06. The van der Waals surface area contributed by atoms with Gasteiger partial charge in [0.25, 0.3) is 0 Å². The fraction of sp³-hybridized carbons (Fsp3) is 0.400. The average molecular weight is 234 g/mol. The van der Waals surface area contributed by atoms with Gasteiger partial charge in [0.2, 0.25) is 0 Å². The molecule has 0 aliphatic carbocycles. The van der Waals surface area contributed by atoms with Crippen LogP contribution in [0.5, 0.6) is 0 Å². The molecule has 1 atom stereocenters. The van der Waals surface area contributed by atoms with Crippen LogP contribution in [-0.4, -0.2) is 11.6 Å². The molecule has 0 heterocycles. The molecular formula is C15H22O2. The molecule has 2 nitrogen and oxygen atoms in total. The predicted octanol–water partition coefficient (Wildman–Crippen LogP) is 3.82. The van der Waals surface area contributed by atoms with Gasteiger partial charge in [-0.25, -0.2) is 4.79 Å². The molecule has 0 aliphatic heterocycles. The molecular weight excluding hydrogens is 212 g/mol. The molecule has 0 radical (unpaired) electrons. The molecule has 0 rings (SSSR count). The highest BCUT2D eigenvalue weighted by Crippen LogP contribution is 2.31. The Kier molecular flexibility index (Phi) is 6.95. The number of carbonyl (C=O) groups excluding carboxylic acids is 1. The molecule has 2 heteroatoms. The van der Waals surface area contributed by atoms with E-state index < -0.39 is 11.6 Å². The lowest BCUT2D eigenvalue weighted by molar-refractivity contribution is -0.151. The van der Waals surface area contributed by atoms with E-state index in [1.54, 1.807) is 18.2 Å². The Morgan fingerprint density at radius 3 is 2.24 bits per heavy atom. The monoisotopic (exact) mass is 234 g/mol. The van der Waals surface area contributed by atoms with E-state index in [1.165, 1.54) is 0 Å². The normalized spacial score (nSPS) is 13.5. The Morgan fingerprint density at radius 2 is 1.88 bits per heavy atom. The zero-order chi connectivity index (χ0) is 13.3. The molecule has 17 heavy (non-hydrogen) atoms. The standard InChI is InChI=1S/C15H22O2/c1-6-11-12-15(10-5,13(7-2)8-3)17-14(16)9-4/h7-10,13H,2-6,11-12H2,1H3. The summed E-state index contributed by atoms with van der Waals surface area (Å²) in [5.74, 6) is -0.592. The van der Waals surface area contributed by atoms with Gasteiger partial charge in [-0.05, 0) is 18.9 Å². The van der Waals surface area contributed by atoms with Crippen LogP contribution >= 0.6 is 0 Å². The van der Waals surface area contributed by atoms with E-state index in [-0.39, 0.29) is 5.92 Å². The van der Waals surface area contributed by atoms with Crippen molar-refractivity contribution in [3.63, 3.8) is 0 Å². The first kappa shape index (κ1) is 15.4. The average Bonchev–Trinajstić information content (AvgIpc) is 2.36. The molecule has 0 aromatic rings. The smallest absolute Gasteiger partial charge is 0.331 e. The van der Waals surface area contributed by atoms with Crippen LogP contribution < -0.4 is 0 Å². The molecule has 94 valence electrons. The summed E-state index contributed by atoms with van der Waals surface area (Å²) in [6, 6.07) is 0. The maximum absolute atomic E-state index is 11.4. The van der Waals surface area contributed by atoms with Crippen LogP contribution in [0, 0.1) is 5.92 Å². The summed E-state index contributed by atoms with van der Waals surface area (Å²) in [5.41, 5.74) is -0.759. The summed E-state index contributed by atoms with van der Waals surface area (Å²) in [6.45, 7) is 16.8. The van der Waals surface area contributed by atoms with E-state index in [4.69, 9.17) is 4.74 Å². The fourth-order valence-electron chi connectivity index (χ4n) is 1.74. The number of hydrogen-bond donors (Lipinski definition) is 0. The minimum atomic E-state index is -0.759. The fourth-order valence-corrected chi connectivity index (χ4v) is 1.74. The first-order valence-electron chi connectivity index (χ1n) is 5.84. The van der Waals surface area contributed by atoms with Gasteiger partial charge in [-0.1, -0.05) is 38.7 Å². The highest BCUT2D eigenvalue weighted by molar-refractivity contribution is 5.81. The largest absolute Gasteiger partial charge is 0.451 e. The van der Waals surface area contributed by atoms with Gasteiger partial charge in [-0.15, -0.1) is 13.2 Å². The maximum Gasteiger partial charge on any atom is 0.331 e. The number of unbranched alkanes of at least 4 members (excludes halogenated alkanes) is 1. The lowest BCUT2D eigenvalue weighted by Crippen LogP contribution is -2.38. The summed E-state index contributed by atoms with van der Waals surface area (Å²) in [7, 11) is 0. The molecule has 0 aromatic carbocycles. The number of esters is 1. The molecule has 0 fully saturated rings. The molecule has 0 spiro atoms. The summed E-state index contributed by atoms with van der Waals surface area (Å²) in [5, 5.41) is 0. The van der Waals surface area contributed by atoms with Gasteiger partial charge in [-0.2, -0.15) is 0 Å². The van der Waals surface area contributed by atoms with Crippen LogP contribution in [0.4, 0.5) is 0 Å². The first-order chi connectivity index (χ1) is 8.10.